The number of nitrogens with one attached hydrogen (secondary N) is 2. The summed E-state index contributed by atoms with van der Waals surface area (Å²) in [6.45, 7) is 5.44. The van der Waals surface area contributed by atoms with E-state index in [0.29, 0.717) is 16.9 Å². The van der Waals surface area contributed by atoms with E-state index in [1.165, 1.54) is 32.1 Å². The summed E-state index contributed by atoms with van der Waals surface area (Å²) in [6, 6.07) is 7.31. The molecule has 7 nitrogen and oxygen atoms in total. The first-order valence-corrected chi connectivity index (χ1v) is 11.8. The second-order valence-electron chi connectivity index (χ2n) is 8.03. The van der Waals surface area contributed by atoms with Gasteiger partial charge in [0.2, 0.25) is 5.91 Å². The van der Waals surface area contributed by atoms with Crippen LogP contribution in [0.5, 0.6) is 0 Å². The molecule has 31 heavy (non-hydrogen) atoms. The predicted octanol–water partition coefficient (Wildman–Crippen LogP) is 2.74. The standard InChI is InChI=1S/C22H33N5O2S.HI/c1-2-24-21(27-12-13-30-22(16-27)10-4-3-5-11-22)26-14-17-6-8-18(9-7-17)20(29)25-15-19(23)28;/h6-9H,2-5,10-16H2,1H3,(H2,23,28)(H,24,26)(H,25,29);1H. The van der Waals surface area contributed by atoms with Crippen molar-refractivity contribution in [2.24, 2.45) is 10.7 Å². The van der Waals surface area contributed by atoms with Gasteiger partial charge in [-0.3, -0.25) is 9.59 Å². The van der Waals surface area contributed by atoms with Crippen LogP contribution in [0.1, 0.15) is 54.9 Å². The summed E-state index contributed by atoms with van der Waals surface area (Å²) in [5.74, 6) is 1.27. The molecular formula is C22H34IN5O2S. The third-order valence-corrected chi connectivity index (χ3v) is 7.23. The average Bonchev–Trinajstić information content (AvgIpc) is 2.76. The van der Waals surface area contributed by atoms with E-state index in [9.17, 15) is 9.59 Å². The second kappa shape index (κ2) is 12.5. The van der Waals surface area contributed by atoms with Crippen LogP contribution in [0.2, 0.25) is 0 Å². The Morgan fingerprint density at radius 3 is 2.52 bits per heavy atom. The molecule has 1 heterocycles. The fourth-order valence-corrected chi connectivity index (χ4v) is 5.72. The molecule has 1 aliphatic carbocycles. The number of thioether (sulfide) groups is 1. The van der Waals surface area contributed by atoms with E-state index in [0.717, 1.165) is 36.9 Å². The zero-order valence-electron chi connectivity index (χ0n) is 18.2. The summed E-state index contributed by atoms with van der Waals surface area (Å²) >= 11 is 2.16. The molecule has 4 N–H and O–H groups in total. The molecular weight excluding hydrogens is 525 g/mol. The molecule has 0 radical (unpaired) electrons. The fourth-order valence-electron chi connectivity index (χ4n) is 4.15. The van der Waals surface area contributed by atoms with Crippen LogP contribution in [0.25, 0.3) is 0 Å². The summed E-state index contributed by atoms with van der Waals surface area (Å²) in [5, 5.41) is 5.96. The van der Waals surface area contributed by atoms with Crippen molar-refractivity contribution in [3.05, 3.63) is 35.4 Å². The van der Waals surface area contributed by atoms with Crippen LogP contribution in [0.3, 0.4) is 0 Å². The highest BCUT2D eigenvalue weighted by Gasteiger charge is 2.38. The van der Waals surface area contributed by atoms with E-state index in [4.69, 9.17) is 10.7 Å². The molecule has 172 valence electrons. The molecule has 2 amide bonds. The minimum Gasteiger partial charge on any atom is -0.368 e. The van der Waals surface area contributed by atoms with E-state index in [2.05, 4.69) is 34.2 Å². The highest BCUT2D eigenvalue weighted by atomic mass is 127. The van der Waals surface area contributed by atoms with Crippen molar-refractivity contribution >= 4 is 53.5 Å². The van der Waals surface area contributed by atoms with Crippen LogP contribution in [-0.2, 0) is 11.3 Å². The molecule has 3 rings (SSSR count). The highest BCUT2D eigenvalue weighted by molar-refractivity contribution is 14.0. The lowest BCUT2D eigenvalue weighted by Crippen LogP contribution is -2.53. The Bertz CT molecular complexity index is 760. The number of rotatable bonds is 6. The van der Waals surface area contributed by atoms with Gasteiger partial charge < -0.3 is 21.3 Å². The molecule has 1 saturated carbocycles. The number of guanidine groups is 1. The number of nitrogens with zero attached hydrogens (tertiary/aromatic N) is 2. The van der Waals surface area contributed by atoms with Gasteiger partial charge in [-0.1, -0.05) is 31.4 Å². The number of halogens is 1. The zero-order valence-corrected chi connectivity index (χ0v) is 21.3. The van der Waals surface area contributed by atoms with Gasteiger partial charge in [0.25, 0.3) is 5.91 Å². The van der Waals surface area contributed by atoms with Gasteiger partial charge in [0.15, 0.2) is 5.96 Å². The van der Waals surface area contributed by atoms with Gasteiger partial charge in [-0.25, -0.2) is 4.99 Å². The number of carbonyl (C=O) groups excluding carboxylic acids is 2. The van der Waals surface area contributed by atoms with Gasteiger partial charge in [-0.05, 0) is 37.5 Å². The highest BCUT2D eigenvalue weighted by Crippen LogP contribution is 2.42. The predicted molar refractivity (Wildman–Crippen MR) is 138 cm³/mol. The minimum atomic E-state index is -0.559. The molecule has 2 aliphatic rings. The summed E-state index contributed by atoms with van der Waals surface area (Å²) < 4.78 is 0.395. The smallest absolute Gasteiger partial charge is 0.251 e. The van der Waals surface area contributed by atoms with Crippen molar-refractivity contribution in [3.63, 3.8) is 0 Å². The largest absolute Gasteiger partial charge is 0.368 e. The summed E-state index contributed by atoms with van der Waals surface area (Å²) in [4.78, 5) is 30.1. The third kappa shape index (κ3) is 7.55. The Morgan fingerprint density at radius 2 is 1.87 bits per heavy atom. The Balaban J connectivity index is 0.00000341. The lowest BCUT2D eigenvalue weighted by Gasteiger charge is -2.45. The summed E-state index contributed by atoms with van der Waals surface area (Å²) in [5.41, 5.74) is 6.60. The monoisotopic (exact) mass is 559 g/mol. The molecule has 0 aromatic heterocycles. The number of hydrogen-bond donors (Lipinski definition) is 3. The van der Waals surface area contributed by atoms with Gasteiger partial charge in [-0.2, -0.15) is 11.8 Å². The number of benzene rings is 1. The Morgan fingerprint density at radius 1 is 1.16 bits per heavy atom. The summed E-state index contributed by atoms with van der Waals surface area (Å²) in [7, 11) is 0. The van der Waals surface area contributed by atoms with Crippen LogP contribution in [-0.4, -0.2) is 59.4 Å². The van der Waals surface area contributed by atoms with Crippen molar-refractivity contribution in [2.75, 3.05) is 31.9 Å². The van der Waals surface area contributed by atoms with Crippen molar-refractivity contribution in [1.29, 1.82) is 0 Å². The first-order chi connectivity index (χ1) is 14.5. The van der Waals surface area contributed by atoms with Gasteiger partial charge in [0, 0.05) is 35.7 Å². The number of aliphatic imine (C=N–C) groups is 1. The first-order valence-electron chi connectivity index (χ1n) is 10.8. The molecule has 1 aromatic carbocycles. The molecule has 9 heteroatoms. The molecule has 2 fully saturated rings. The molecule has 1 aliphatic heterocycles. The van der Waals surface area contributed by atoms with Crippen molar-refractivity contribution in [1.82, 2.24) is 15.5 Å². The lowest BCUT2D eigenvalue weighted by atomic mass is 9.87. The van der Waals surface area contributed by atoms with Gasteiger partial charge >= 0.3 is 0 Å². The topological polar surface area (TPSA) is 99.8 Å². The van der Waals surface area contributed by atoms with Gasteiger partial charge in [0.1, 0.15) is 0 Å². The number of amides is 2. The SMILES string of the molecule is CCNC(=NCc1ccc(C(=O)NCC(N)=O)cc1)N1CCSC2(CCCCC2)C1.I. The number of hydrogen-bond acceptors (Lipinski definition) is 4. The van der Waals surface area contributed by atoms with Crippen molar-refractivity contribution in [2.45, 2.75) is 50.3 Å². The third-order valence-electron chi connectivity index (χ3n) is 5.70. The molecule has 0 bridgehead atoms. The lowest BCUT2D eigenvalue weighted by molar-refractivity contribution is -0.117. The fraction of sp³-hybridized carbons (Fsp3) is 0.591. The maximum Gasteiger partial charge on any atom is 0.251 e. The van der Waals surface area contributed by atoms with Crippen molar-refractivity contribution < 1.29 is 9.59 Å². The average molecular weight is 560 g/mol. The maximum absolute atomic E-state index is 12.0. The molecule has 0 unspecified atom stereocenters. The van der Waals surface area contributed by atoms with E-state index in [-0.39, 0.29) is 36.4 Å². The van der Waals surface area contributed by atoms with Gasteiger partial charge in [0.05, 0.1) is 13.1 Å². The van der Waals surface area contributed by atoms with Crippen LogP contribution in [0.15, 0.2) is 29.3 Å². The van der Waals surface area contributed by atoms with E-state index >= 15 is 0 Å². The summed E-state index contributed by atoms with van der Waals surface area (Å²) in [6.07, 6.45) is 6.68. The Kier molecular flexibility index (Phi) is 10.4. The van der Waals surface area contributed by atoms with Crippen LogP contribution in [0.4, 0.5) is 0 Å². The van der Waals surface area contributed by atoms with Crippen LogP contribution < -0.4 is 16.4 Å². The zero-order chi connectivity index (χ0) is 21.4. The van der Waals surface area contributed by atoms with Crippen LogP contribution in [0, 0.1) is 0 Å². The van der Waals surface area contributed by atoms with E-state index in [1.807, 2.05) is 12.1 Å². The molecule has 1 spiro atoms. The Labute approximate surface area is 206 Å². The second-order valence-corrected chi connectivity index (χ2v) is 9.59. The minimum absolute atomic E-state index is 0. The number of carbonyl (C=O) groups is 2. The maximum atomic E-state index is 12.0. The first kappa shape index (κ1) is 25.8. The van der Waals surface area contributed by atoms with E-state index in [1.54, 1.807) is 12.1 Å². The van der Waals surface area contributed by atoms with E-state index < -0.39 is 5.91 Å². The Hall–Kier alpha value is -1.49. The number of nitrogens with two attached hydrogens (primary N) is 1. The van der Waals surface area contributed by atoms with Crippen LogP contribution >= 0.6 is 35.7 Å². The molecule has 1 saturated heterocycles. The molecule has 0 atom stereocenters. The van der Waals surface area contributed by atoms with Crippen molar-refractivity contribution in [3.8, 4) is 0 Å². The van der Waals surface area contributed by atoms with Gasteiger partial charge in [-0.15, -0.1) is 24.0 Å². The quantitative estimate of drug-likeness (QED) is 0.283. The normalized spacial score (nSPS) is 18.2. The molecule has 1 aromatic rings. The number of primary amides is 1.